The second kappa shape index (κ2) is 4.41. The van der Waals surface area contributed by atoms with E-state index < -0.39 is 11.8 Å². The van der Waals surface area contributed by atoms with Crippen LogP contribution in [0, 0.1) is 5.82 Å². The molecule has 0 saturated carbocycles. The number of carbonyl (C=O) groups is 1. The molecule has 8 heteroatoms. The minimum absolute atomic E-state index is 0.0717. The van der Waals surface area contributed by atoms with Gasteiger partial charge in [-0.1, -0.05) is 5.16 Å². The summed E-state index contributed by atoms with van der Waals surface area (Å²) in [6.45, 7) is -0.0745. The molecule has 1 aliphatic rings. The molecule has 1 aromatic carbocycles. The van der Waals surface area contributed by atoms with Crippen LogP contribution < -0.4 is 14.2 Å². The zero-order chi connectivity index (χ0) is 14.3. The highest BCUT2D eigenvalue weighted by Gasteiger charge is 2.29. The van der Waals surface area contributed by atoms with Crippen LogP contribution >= 0.6 is 0 Å². The average molecular weight is 281 g/mol. The maximum absolute atomic E-state index is 14.3. The molecule has 0 atom stereocenters. The standard InChI is InChI=1S/C12H8FNO6/c1-17-7-3-8-11(19-4-18-8)9(10(7)13)6-2-5(12(15)16)14-20-6/h2-3H,4H2,1H3,(H,15,16). The SMILES string of the molecule is COc1cc2c(c(-c3cc(C(=O)O)no3)c1F)OCO2. The zero-order valence-corrected chi connectivity index (χ0v) is 10.2. The molecule has 0 aliphatic carbocycles. The van der Waals surface area contributed by atoms with Crippen molar-refractivity contribution in [2.24, 2.45) is 0 Å². The Morgan fingerprint density at radius 1 is 1.45 bits per heavy atom. The monoisotopic (exact) mass is 281 g/mol. The van der Waals surface area contributed by atoms with Gasteiger partial charge in [-0.15, -0.1) is 0 Å². The molecule has 2 heterocycles. The van der Waals surface area contributed by atoms with Gasteiger partial charge >= 0.3 is 5.97 Å². The van der Waals surface area contributed by atoms with Crippen LogP contribution in [0.15, 0.2) is 16.7 Å². The lowest BCUT2D eigenvalue weighted by Gasteiger charge is -2.08. The van der Waals surface area contributed by atoms with E-state index >= 15 is 0 Å². The fourth-order valence-corrected chi connectivity index (χ4v) is 1.86. The number of benzene rings is 1. The minimum Gasteiger partial charge on any atom is -0.494 e. The molecule has 0 unspecified atom stereocenters. The van der Waals surface area contributed by atoms with Crippen LogP contribution in [-0.2, 0) is 0 Å². The van der Waals surface area contributed by atoms with Crippen LogP contribution in [0.1, 0.15) is 10.5 Å². The first-order valence-electron chi connectivity index (χ1n) is 5.48. The number of rotatable bonds is 3. The van der Waals surface area contributed by atoms with Crippen molar-refractivity contribution >= 4 is 5.97 Å². The fraction of sp³-hybridized carbons (Fsp3) is 0.167. The molecule has 3 rings (SSSR count). The molecule has 1 aromatic heterocycles. The van der Waals surface area contributed by atoms with E-state index in [0.29, 0.717) is 0 Å². The zero-order valence-electron chi connectivity index (χ0n) is 10.2. The number of hydrogen-bond donors (Lipinski definition) is 1. The molecule has 0 radical (unpaired) electrons. The summed E-state index contributed by atoms with van der Waals surface area (Å²) in [5.41, 5.74) is -0.424. The summed E-state index contributed by atoms with van der Waals surface area (Å²) in [7, 11) is 1.30. The highest BCUT2D eigenvalue weighted by atomic mass is 19.1. The van der Waals surface area contributed by atoms with Crippen LogP contribution in [0.5, 0.6) is 17.2 Å². The van der Waals surface area contributed by atoms with Crippen molar-refractivity contribution in [1.29, 1.82) is 0 Å². The maximum atomic E-state index is 14.3. The van der Waals surface area contributed by atoms with Gasteiger partial charge in [0.25, 0.3) is 0 Å². The van der Waals surface area contributed by atoms with Gasteiger partial charge in [-0.2, -0.15) is 0 Å². The van der Waals surface area contributed by atoms with Gasteiger partial charge in [0.15, 0.2) is 34.5 Å². The molecular weight excluding hydrogens is 273 g/mol. The number of ether oxygens (including phenoxy) is 3. The molecule has 0 fully saturated rings. The summed E-state index contributed by atoms with van der Waals surface area (Å²) in [4.78, 5) is 10.8. The summed E-state index contributed by atoms with van der Waals surface area (Å²) in [5.74, 6) is -1.78. The molecule has 0 spiro atoms. The van der Waals surface area contributed by atoms with E-state index in [-0.39, 0.29) is 41.1 Å². The Balaban J connectivity index is 2.21. The van der Waals surface area contributed by atoms with E-state index in [9.17, 15) is 9.18 Å². The van der Waals surface area contributed by atoms with E-state index in [2.05, 4.69) is 5.16 Å². The first kappa shape index (κ1) is 12.3. The molecule has 0 bridgehead atoms. The summed E-state index contributed by atoms with van der Waals surface area (Å²) >= 11 is 0. The maximum Gasteiger partial charge on any atom is 0.358 e. The Hall–Kier alpha value is -2.77. The van der Waals surface area contributed by atoms with Crippen LogP contribution in [0.2, 0.25) is 0 Å². The molecule has 104 valence electrons. The number of methoxy groups -OCH3 is 1. The molecule has 1 N–H and O–H groups in total. The average Bonchev–Trinajstić information content (AvgIpc) is 3.06. The van der Waals surface area contributed by atoms with Crippen molar-refractivity contribution in [3.63, 3.8) is 0 Å². The number of aromatic carboxylic acids is 1. The highest BCUT2D eigenvalue weighted by Crippen LogP contribution is 2.46. The summed E-state index contributed by atoms with van der Waals surface area (Å²) in [6, 6.07) is 2.44. The summed E-state index contributed by atoms with van der Waals surface area (Å²) < 4.78 is 34.4. The van der Waals surface area contributed by atoms with Crippen molar-refractivity contribution in [2.75, 3.05) is 13.9 Å². The molecular formula is C12H8FNO6. The van der Waals surface area contributed by atoms with Crippen molar-refractivity contribution in [1.82, 2.24) is 5.16 Å². The molecule has 2 aromatic rings. The lowest BCUT2D eigenvalue weighted by atomic mass is 10.1. The first-order valence-corrected chi connectivity index (χ1v) is 5.48. The largest absolute Gasteiger partial charge is 0.494 e. The van der Waals surface area contributed by atoms with Crippen LogP contribution in [0.3, 0.4) is 0 Å². The van der Waals surface area contributed by atoms with Gasteiger partial charge in [0.2, 0.25) is 6.79 Å². The second-order valence-corrected chi connectivity index (χ2v) is 3.88. The Morgan fingerprint density at radius 2 is 2.25 bits per heavy atom. The number of fused-ring (bicyclic) bond motifs is 1. The Kier molecular flexibility index (Phi) is 2.70. The lowest BCUT2D eigenvalue weighted by Crippen LogP contribution is -1.95. The Bertz CT molecular complexity index is 695. The normalized spacial score (nSPS) is 12.5. The van der Waals surface area contributed by atoms with Crippen molar-refractivity contribution in [2.45, 2.75) is 0 Å². The Morgan fingerprint density at radius 3 is 2.90 bits per heavy atom. The van der Waals surface area contributed by atoms with Gasteiger partial charge < -0.3 is 23.8 Å². The van der Waals surface area contributed by atoms with Gasteiger partial charge in [0.1, 0.15) is 5.56 Å². The third-order valence-electron chi connectivity index (χ3n) is 2.76. The number of aromatic nitrogens is 1. The molecule has 0 saturated heterocycles. The van der Waals surface area contributed by atoms with Crippen molar-refractivity contribution in [3.05, 3.63) is 23.6 Å². The lowest BCUT2D eigenvalue weighted by molar-refractivity contribution is 0.0686. The van der Waals surface area contributed by atoms with E-state index in [4.69, 9.17) is 23.8 Å². The van der Waals surface area contributed by atoms with Crippen LogP contribution in [-0.4, -0.2) is 30.1 Å². The number of hydrogen-bond acceptors (Lipinski definition) is 6. The van der Waals surface area contributed by atoms with Crippen LogP contribution in [0.4, 0.5) is 4.39 Å². The molecule has 20 heavy (non-hydrogen) atoms. The second-order valence-electron chi connectivity index (χ2n) is 3.88. The minimum atomic E-state index is -1.28. The van der Waals surface area contributed by atoms with Crippen molar-refractivity contribution < 1.29 is 33.0 Å². The topological polar surface area (TPSA) is 91.0 Å². The van der Waals surface area contributed by atoms with Gasteiger partial charge in [-0.3, -0.25) is 0 Å². The summed E-state index contributed by atoms with van der Waals surface area (Å²) in [6.07, 6.45) is 0. The molecule has 1 aliphatic heterocycles. The van der Waals surface area contributed by atoms with Gasteiger partial charge in [0, 0.05) is 12.1 Å². The third kappa shape index (κ3) is 1.73. The van der Waals surface area contributed by atoms with E-state index in [0.717, 1.165) is 6.07 Å². The molecule has 0 amide bonds. The highest BCUT2D eigenvalue weighted by molar-refractivity contribution is 5.87. The van der Waals surface area contributed by atoms with Crippen molar-refractivity contribution in [3.8, 4) is 28.6 Å². The smallest absolute Gasteiger partial charge is 0.358 e. The Labute approximate surface area is 111 Å². The number of carboxylic acid groups (broad SMARTS) is 1. The number of carboxylic acids is 1. The van der Waals surface area contributed by atoms with Gasteiger partial charge in [-0.05, 0) is 0 Å². The first-order chi connectivity index (χ1) is 9.61. The predicted octanol–water partition coefficient (Wildman–Crippen LogP) is 1.92. The third-order valence-corrected chi connectivity index (χ3v) is 2.76. The molecule has 7 nitrogen and oxygen atoms in total. The quantitative estimate of drug-likeness (QED) is 0.918. The predicted molar refractivity (Wildman–Crippen MR) is 61.5 cm³/mol. The fourth-order valence-electron chi connectivity index (χ4n) is 1.86. The van der Waals surface area contributed by atoms with E-state index in [1.807, 2.05) is 0 Å². The number of halogens is 1. The van der Waals surface area contributed by atoms with E-state index in [1.165, 1.54) is 13.2 Å². The van der Waals surface area contributed by atoms with Crippen LogP contribution in [0.25, 0.3) is 11.3 Å². The van der Waals surface area contributed by atoms with Gasteiger partial charge in [-0.25, -0.2) is 9.18 Å². The van der Waals surface area contributed by atoms with Gasteiger partial charge in [0.05, 0.1) is 7.11 Å². The number of nitrogens with zero attached hydrogens (tertiary/aromatic N) is 1. The van der Waals surface area contributed by atoms with E-state index in [1.54, 1.807) is 0 Å². The summed E-state index contributed by atoms with van der Waals surface area (Å²) in [5, 5.41) is 12.1.